The number of hydrogen-bond acceptors (Lipinski definition) is 3. The number of carbonyl (C=O) groups excluding carboxylic acids is 1. The van der Waals surface area contributed by atoms with Crippen molar-refractivity contribution in [3.8, 4) is 0 Å². The molecule has 0 atom stereocenters. The number of benzene rings is 1. The van der Waals surface area contributed by atoms with E-state index in [1.54, 1.807) is 24.3 Å². The maximum Gasteiger partial charge on any atom is 0.251 e. The molecule has 0 heterocycles. The Morgan fingerprint density at radius 2 is 2.06 bits per heavy atom. The van der Waals surface area contributed by atoms with Gasteiger partial charge in [-0.1, -0.05) is 6.07 Å². The van der Waals surface area contributed by atoms with Crippen LogP contribution in [0.25, 0.3) is 0 Å². The summed E-state index contributed by atoms with van der Waals surface area (Å²) < 4.78 is 0. The molecule has 0 aliphatic heterocycles. The van der Waals surface area contributed by atoms with Gasteiger partial charge in [0, 0.05) is 17.8 Å². The highest BCUT2D eigenvalue weighted by molar-refractivity contribution is 5.94. The van der Waals surface area contributed by atoms with Gasteiger partial charge in [-0.15, -0.1) is 0 Å². The van der Waals surface area contributed by atoms with Crippen LogP contribution in [0.2, 0.25) is 0 Å². The van der Waals surface area contributed by atoms with E-state index in [1.807, 2.05) is 0 Å². The van der Waals surface area contributed by atoms with E-state index in [0.717, 1.165) is 25.7 Å². The first-order valence-corrected chi connectivity index (χ1v) is 6.47. The van der Waals surface area contributed by atoms with E-state index >= 15 is 0 Å². The zero-order chi connectivity index (χ0) is 13.0. The van der Waals surface area contributed by atoms with Crippen molar-refractivity contribution in [2.45, 2.75) is 31.8 Å². The molecular formula is C14H20N2O2. The molecule has 4 nitrogen and oxygen atoms in total. The van der Waals surface area contributed by atoms with Crippen LogP contribution >= 0.6 is 0 Å². The Bertz CT molecular complexity index is 412. The average molecular weight is 248 g/mol. The lowest BCUT2D eigenvalue weighted by Gasteiger charge is -2.25. The molecule has 0 aromatic heterocycles. The second-order valence-corrected chi connectivity index (χ2v) is 5.01. The molecule has 1 aromatic rings. The molecule has 0 saturated heterocycles. The smallest absolute Gasteiger partial charge is 0.251 e. The molecule has 0 unspecified atom stereocenters. The van der Waals surface area contributed by atoms with E-state index in [1.165, 1.54) is 0 Å². The average Bonchev–Trinajstić information content (AvgIpc) is 2.38. The molecule has 0 bridgehead atoms. The molecule has 1 aromatic carbocycles. The van der Waals surface area contributed by atoms with Gasteiger partial charge in [-0.2, -0.15) is 0 Å². The zero-order valence-corrected chi connectivity index (χ0v) is 10.4. The highest BCUT2D eigenvalue weighted by Crippen LogP contribution is 2.23. The molecule has 1 fully saturated rings. The summed E-state index contributed by atoms with van der Waals surface area (Å²) in [6, 6.07) is 6.98. The van der Waals surface area contributed by atoms with Crippen molar-refractivity contribution in [2.75, 3.05) is 12.3 Å². The standard InChI is InChI=1S/C14H20N2O2/c15-12-3-1-2-11(8-12)14(18)16-9-10-4-6-13(17)7-5-10/h1-3,8,10,13,17H,4-7,9,15H2,(H,16,18). The molecule has 2 rings (SSSR count). The van der Waals surface area contributed by atoms with Crippen LogP contribution in [0.4, 0.5) is 5.69 Å². The number of hydrogen-bond donors (Lipinski definition) is 3. The maximum absolute atomic E-state index is 11.9. The summed E-state index contributed by atoms with van der Waals surface area (Å²) in [5, 5.41) is 12.3. The van der Waals surface area contributed by atoms with Crippen molar-refractivity contribution in [2.24, 2.45) is 5.92 Å². The summed E-state index contributed by atoms with van der Waals surface area (Å²) in [7, 11) is 0. The van der Waals surface area contributed by atoms with Crippen LogP contribution in [0.5, 0.6) is 0 Å². The van der Waals surface area contributed by atoms with Crippen LogP contribution in [0.15, 0.2) is 24.3 Å². The van der Waals surface area contributed by atoms with Gasteiger partial charge >= 0.3 is 0 Å². The minimum Gasteiger partial charge on any atom is -0.399 e. The molecule has 1 aliphatic rings. The normalized spacial score (nSPS) is 23.6. The monoisotopic (exact) mass is 248 g/mol. The van der Waals surface area contributed by atoms with Gasteiger partial charge < -0.3 is 16.2 Å². The third-order valence-electron chi connectivity index (χ3n) is 3.52. The summed E-state index contributed by atoms with van der Waals surface area (Å²) in [5.41, 5.74) is 6.85. The number of aliphatic hydroxyl groups is 1. The summed E-state index contributed by atoms with van der Waals surface area (Å²) in [4.78, 5) is 11.9. The third-order valence-corrected chi connectivity index (χ3v) is 3.52. The Morgan fingerprint density at radius 3 is 2.72 bits per heavy atom. The molecule has 18 heavy (non-hydrogen) atoms. The van der Waals surface area contributed by atoms with Gasteiger partial charge in [0.15, 0.2) is 0 Å². The molecule has 1 aliphatic carbocycles. The van der Waals surface area contributed by atoms with E-state index in [2.05, 4.69) is 5.32 Å². The van der Waals surface area contributed by atoms with E-state index in [-0.39, 0.29) is 12.0 Å². The zero-order valence-electron chi connectivity index (χ0n) is 10.4. The fourth-order valence-electron chi connectivity index (χ4n) is 2.37. The van der Waals surface area contributed by atoms with Crippen LogP contribution in [0, 0.1) is 5.92 Å². The SMILES string of the molecule is Nc1cccc(C(=O)NCC2CCC(O)CC2)c1. The quantitative estimate of drug-likeness (QED) is 0.710. The van der Waals surface area contributed by atoms with Crippen LogP contribution in [0.3, 0.4) is 0 Å². The van der Waals surface area contributed by atoms with Gasteiger partial charge in [0.25, 0.3) is 5.91 Å². The predicted octanol–water partition coefficient (Wildman–Crippen LogP) is 1.55. The number of nitrogen functional groups attached to an aromatic ring is 1. The Morgan fingerprint density at radius 1 is 1.33 bits per heavy atom. The maximum atomic E-state index is 11.9. The first-order valence-electron chi connectivity index (χ1n) is 6.47. The largest absolute Gasteiger partial charge is 0.399 e. The van der Waals surface area contributed by atoms with Crippen molar-refractivity contribution in [1.29, 1.82) is 0 Å². The molecule has 98 valence electrons. The lowest BCUT2D eigenvalue weighted by atomic mass is 9.87. The Hall–Kier alpha value is -1.55. The number of carbonyl (C=O) groups is 1. The third kappa shape index (κ3) is 3.47. The summed E-state index contributed by atoms with van der Waals surface area (Å²) in [5.74, 6) is 0.409. The van der Waals surface area contributed by atoms with Crippen molar-refractivity contribution in [3.63, 3.8) is 0 Å². The van der Waals surface area contributed by atoms with E-state index < -0.39 is 0 Å². The fraction of sp³-hybridized carbons (Fsp3) is 0.500. The minimum absolute atomic E-state index is 0.0755. The van der Waals surface area contributed by atoms with E-state index in [4.69, 9.17) is 5.73 Å². The van der Waals surface area contributed by atoms with Crippen molar-refractivity contribution in [3.05, 3.63) is 29.8 Å². The number of anilines is 1. The van der Waals surface area contributed by atoms with E-state index in [9.17, 15) is 9.90 Å². The molecule has 1 saturated carbocycles. The lowest BCUT2D eigenvalue weighted by molar-refractivity contribution is 0.0910. The first-order chi connectivity index (χ1) is 8.65. The van der Waals surface area contributed by atoms with Crippen molar-refractivity contribution < 1.29 is 9.90 Å². The highest BCUT2D eigenvalue weighted by Gasteiger charge is 2.19. The lowest BCUT2D eigenvalue weighted by Crippen LogP contribution is -2.32. The molecule has 0 radical (unpaired) electrons. The molecule has 4 heteroatoms. The van der Waals surface area contributed by atoms with Gasteiger partial charge in [-0.05, 0) is 49.8 Å². The van der Waals surface area contributed by atoms with Gasteiger partial charge in [-0.3, -0.25) is 4.79 Å². The van der Waals surface area contributed by atoms with Gasteiger partial charge in [0.2, 0.25) is 0 Å². The summed E-state index contributed by atoms with van der Waals surface area (Å²) >= 11 is 0. The number of nitrogens with two attached hydrogens (primary N) is 1. The Balaban J connectivity index is 1.81. The number of aliphatic hydroxyl groups excluding tert-OH is 1. The van der Waals surface area contributed by atoms with Crippen LogP contribution in [-0.2, 0) is 0 Å². The Labute approximate surface area is 107 Å². The number of rotatable bonds is 3. The second kappa shape index (κ2) is 5.87. The van der Waals surface area contributed by atoms with Gasteiger partial charge in [0.1, 0.15) is 0 Å². The predicted molar refractivity (Wildman–Crippen MR) is 71.2 cm³/mol. The van der Waals surface area contributed by atoms with Crippen molar-refractivity contribution in [1.82, 2.24) is 5.32 Å². The minimum atomic E-state index is -0.147. The summed E-state index contributed by atoms with van der Waals surface area (Å²) in [6.45, 7) is 0.681. The van der Waals surface area contributed by atoms with Crippen LogP contribution < -0.4 is 11.1 Å². The van der Waals surface area contributed by atoms with Crippen LogP contribution in [-0.4, -0.2) is 23.7 Å². The number of nitrogens with one attached hydrogen (secondary N) is 1. The molecule has 4 N–H and O–H groups in total. The van der Waals surface area contributed by atoms with Gasteiger partial charge in [0.05, 0.1) is 6.10 Å². The Kier molecular flexibility index (Phi) is 4.20. The molecule has 1 amide bonds. The summed E-state index contributed by atoms with van der Waals surface area (Å²) in [6.07, 6.45) is 3.51. The molecular weight excluding hydrogens is 228 g/mol. The highest BCUT2D eigenvalue weighted by atomic mass is 16.3. The van der Waals surface area contributed by atoms with E-state index in [0.29, 0.717) is 23.7 Å². The van der Waals surface area contributed by atoms with Gasteiger partial charge in [-0.25, -0.2) is 0 Å². The van der Waals surface area contributed by atoms with Crippen LogP contribution in [0.1, 0.15) is 36.0 Å². The van der Waals surface area contributed by atoms with Crippen molar-refractivity contribution >= 4 is 11.6 Å². The molecule has 0 spiro atoms. The fourth-order valence-corrected chi connectivity index (χ4v) is 2.37. The second-order valence-electron chi connectivity index (χ2n) is 5.01. The first kappa shape index (κ1) is 12.9. The number of amides is 1. The topological polar surface area (TPSA) is 75.4 Å².